The highest BCUT2D eigenvalue weighted by Crippen LogP contribution is 2.30. The number of aromatic nitrogens is 5. The van der Waals surface area contributed by atoms with Crippen molar-refractivity contribution in [1.29, 1.82) is 0 Å². The number of nitrogens with one attached hydrogen (secondary N) is 1. The number of carbonyl (C=O) groups excluding carboxylic acids is 1. The van der Waals surface area contributed by atoms with Crippen molar-refractivity contribution < 1.29 is 9.53 Å². The molecule has 0 spiro atoms. The van der Waals surface area contributed by atoms with Crippen molar-refractivity contribution in [3.05, 3.63) is 42.5 Å². The third kappa shape index (κ3) is 3.10. The number of aromatic amines is 1. The topological polar surface area (TPSA) is 88.4 Å². The Morgan fingerprint density at radius 3 is 2.93 bits per heavy atom. The van der Waals surface area contributed by atoms with Crippen molar-refractivity contribution in [2.45, 2.75) is 26.2 Å². The van der Waals surface area contributed by atoms with E-state index in [1.807, 2.05) is 36.4 Å². The number of H-pyrrole nitrogens is 1. The number of rotatable bonds is 4. The van der Waals surface area contributed by atoms with Crippen molar-refractivity contribution in [3.8, 4) is 17.1 Å². The van der Waals surface area contributed by atoms with Crippen molar-refractivity contribution in [2.75, 3.05) is 19.7 Å². The van der Waals surface area contributed by atoms with E-state index in [1.54, 1.807) is 16.9 Å². The summed E-state index contributed by atoms with van der Waals surface area (Å²) in [6.07, 6.45) is 10.5. The van der Waals surface area contributed by atoms with Gasteiger partial charge in [-0.1, -0.05) is 0 Å². The number of nitrogens with zero attached hydrogens (tertiary/aromatic N) is 5. The predicted octanol–water partition coefficient (Wildman–Crippen LogP) is 3.30. The molecule has 4 aromatic heterocycles. The van der Waals surface area contributed by atoms with E-state index in [2.05, 4.69) is 20.1 Å². The third-order valence-electron chi connectivity index (χ3n) is 5.39. The second-order valence-electron chi connectivity index (χ2n) is 7.21. The minimum Gasteiger partial charge on any atom is -0.464 e. The van der Waals surface area contributed by atoms with Gasteiger partial charge < -0.3 is 14.6 Å². The molecule has 5 heterocycles. The normalized spacial score (nSPS) is 14.6. The molecule has 1 aliphatic heterocycles. The Morgan fingerprint density at radius 1 is 1.24 bits per heavy atom. The number of hydrogen-bond donors (Lipinski definition) is 1. The van der Waals surface area contributed by atoms with Crippen molar-refractivity contribution in [1.82, 2.24) is 29.5 Å². The van der Waals surface area contributed by atoms with Gasteiger partial charge in [0.1, 0.15) is 5.65 Å². The summed E-state index contributed by atoms with van der Waals surface area (Å²) in [5, 5.41) is 5.28. The molecule has 0 unspecified atom stereocenters. The molecule has 0 bridgehead atoms. The van der Waals surface area contributed by atoms with Gasteiger partial charge in [0, 0.05) is 42.6 Å². The van der Waals surface area contributed by atoms with Crippen molar-refractivity contribution >= 4 is 22.5 Å². The van der Waals surface area contributed by atoms with Crippen LogP contribution in [0.1, 0.15) is 36.5 Å². The van der Waals surface area contributed by atoms with Gasteiger partial charge in [0.15, 0.2) is 0 Å². The van der Waals surface area contributed by atoms with E-state index in [9.17, 15) is 4.79 Å². The molecular formula is C21H22N6O2. The zero-order valence-corrected chi connectivity index (χ0v) is 16.3. The average Bonchev–Trinajstić information content (AvgIpc) is 3.37. The molecular weight excluding hydrogens is 368 g/mol. The number of carbonyl (C=O) groups is 1. The summed E-state index contributed by atoms with van der Waals surface area (Å²) in [5.41, 5.74) is 4.12. The van der Waals surface area contributed by atoms with Crippen molar-refractivity contribution in [3.63, 3.8) is 0 Å². The number of hydrogen-bond acceptors (Lipinski definition) is 5. The lowest BCUT2D eigenvalue weighted by Crippen LogP contribution is -2.35. The highest BCUT2D eigenvalue weighted by atomic mass is 16.5. The molecule has 5 rings (SSSR count). The summed E-state index contributed by atoms with van der Waals surface area (Å²) in [6, 6.07) is 4.34. The maximum Gasteiger partial charge on any atom is 0.318 e. The van der Waals surface area contributed by atoms with Gasteiger partial charge in [0.2, 0.25) is 0 Å². The molecule has 8 heteroatoms. The molecule has 0 aromatic carbocycles. The van der Waals surface area contributed by atoms with Crippen LogP contribution in [-0.2, 0) is 0 Å². The van der Waals surface area contributed by atoms with Gasteiger partial charge in [-0.25, -0.2) is 9.50 Å². The predicted molar refractivity (Wildman–Crippen MR) is 109 cm³/mol. The second-order valence-corrected chi connectivity index (χ2v) is 7.21. The van der Waals surface area contributed by atoms with E-state index in [1.165, 1.54) is 6.42 Å². The van der Waals surface area contributed by atoms with E-state index >= 15 is 0 Å². The first kappa shape index (κ1) is 17.7. The molecule has 1 amide bonds. The van der Waals surface area contributed by atoms with Gasteiger partial charge in [-0.15, -0.1) is 0 Å². The molecule has 0 aliphatic carbocycles. The van der Waals surface area contributed by atoms with Crippen LogP contribution in [-0.4, -0.2) is 55.1 Å². The van der Waals surface area contributed by atoms with Gasteiger partial charge in [0.25, 0.3) is 5.91 Å². The summed E-state index contributed by atoms with van der Waals surface area (Å²) < 4.78 is 7.13. The number of ether oxygens (including phenoxy) is 1. The molecule has 4 aromatic rings. The highest BCUT2D eigenvalue weighted by Gasteiger charge is 2.22. The second kappa shape index (κ2) is 7.20. The molecule has 148 valence electrons. The van der Waals surface area contributed by atoms with E-state index in [0.717, 1.165) is 53.6 Å². The Kier molecular flexibility index (Phi) is 4.38. The van der Waals surface area contributed by atoms with E-state index in [4.69, 9.17) is 4.74 Å². The van der Waals surface area contributed by atoms with Crippen LogP contribution < -0.4 is 4.74 Å². The molecule has 0 atom stereocenters. The minimum absolute atomic E-state index is 0.0560. The average molecular weight is 390 g/mol. The molecule has 0 radical (unpaired) electrons. The Labute approximate surface area is 167 Å². The SMILES string of the molecule is CCOc1ncc2c(-c3ccn4ncc(C(=O)N5CCCCC5)c4c3)c[nH]c2n1. The van der Waals surface area contributed by atoms with Crippen LogP contribution in [0.25, 0.3) is 27.7 Å². The first-order chi connectivity index (χ1) is 14.2. The standard InChI is InChI=1S/C21H22N6O2/c1-2-29-21-23-12-16-15(11-22-19(16)25-21)14-6-9-27-18(10-14)17(13-24-27)20(28)26-7-4-3-5-8-26/h6,9-13H,2-5,7-8H2,1H3,(H,22,23,25). The number of likely N-dealkylation sites (tertiary alicyclic amines) is 1. The molecule has 1 N–H and O–H groups in total. The van der Waals surface area contributed by atoms with Crippen LogP contribution in [0.5, 0.6) is 6.01 Å². The molecule has 29 heavy (non-hydrogen) atoms. The summed E-state index contributed by atoms with van der Waals surface area (Å²) in [6.45, 7) is 4.05. The van der Waals surface area contributed by atoms with Gasteiger partial charge in [-0.2, -0.15) is 10.1 Å². The number of pyridine rings is 1. The number of amides is 1. The van der Waals surface area contributed by atoms with Crippen LogP contribution in [0.15, 0.2) is 36.9 Å². The smallest absolute Gasteiger partial charge is 0.318 e. The zero-order valence-electron chi connectivity index (χ0n) is 16.3. The van der Waals surface area contributed by atoms with Crippen LogP contribution in [0.3, 0.4) is 0 Å². The molecule has 1 fully saturated rings. The Morgan fingerprint density at radius 2 is 2.10 bits per heavy atom. The largest absolute Gasteiger partial charge is 0.464 e. The lowest BCUT2D eigenvalue weighted by Gasteiger charge is -2.26. The quantitative estimate of drug-likeness (QED) is 0.578. The molecule has 1 saturated heterocycles. The Balaban J connectivity index is 1.54. The van der Waals surface area contributed by atoms with Crippen LogP contribution in [0, 0.1) is 0 Å². The Bertz CT molecular complexity index is 1190. The Hall–Kier alpha value is -3.42. The molecule has 1 aliphatic rings. The lowest BCUT2D eigenvalue weighted by atomic mass is 10.1. The van der Waals surface area contributed by atoms with Gasteiger partial charge in [-0.3, -0.25) is 4.79 Å². The summed E-state index contributed by atoms with van der Waals surface area (Å²) in [4.78, 5) is 26.8. The van der Waals surface area contributed by atoms with Crippen LogP contribution in [0.4, 0.5) is 0 Å². The number of fused-ring (bicyclic) bond motifs is 2. The lowest BCUT2D eigenvalue weighted by molar-refractivity contribution is 0.0726. The monoisotopic (exact) mass is 390 g/mol. The first-order valence-corrected chi connectivity index (χ1v) is 9.98. The van der Waals surface area contributed by atoms with Crippen LogP contribution in [0.2, 0.25) is 0 Å². The van der Waals surface area contributed by atoms with E-state index in [0.29, 0.717) is 18.2 Å². The van der Waals surface area contributed by atoms with Gasteiger partial charge in [-0.05, 0) is 43.9 Å². The summed E-state index contributed by atoms with van der Waals surface area (Å²) in [7, 11) is 0. The summed E-state index contributed by atoms with van der Waals surface area (Å²) >= 11 is 0. The fraction of sp³-hybridized carbons (Fsp3) is 0.333. The van der Waals surface area contributed by atoms with Gasteiger partial charge >= 0.3 is 6.01 Å². The molecule has 8 nitrogen and oxygen atoms in total. The molecule has 0 saturated carbocycles. The first-order valence-electron chi connectivity index (χ1n) is 9.98. The fourth-order valence-corrected chi connectivity index (χ4v) is 3.91. The van der Waals surface area contributed by atoms with E-state index in [-0.39, 0.29) is 5.91 Å². The summed E-state index contributed by atoms with van der Waals surface area (Å²) in [5.74, 6) is 0.0560. The minimum atomic E-state index is 0.0560. The van der Waals surface area contributed by atoms with Gasteiger partial charge in [0.05, 0.1) is 23.9 Å². The zero-order chi connectivity index (χ0) is 19.8. The highest BCUT2D eigenvalue weighted by molar-refractivity contribution is 6.02. The van der Waals surface area contributed by atoms with E-state index < -0.39 is 0 Å². The maximum atomic E-state index is 13.0. The number of piperidine rings is 1. The fourth-order valence-electron chi connectivity index (χ4n) is 3.91. The maximum absolute atomic E-state index is 13.0. The van der Waals surface area contributed by atoms with Crippen molar-refractivity contribution in [2.24, 2.45) is 0 Å². The van der Waals surface area contributed by atoms with Crippen LogP contribution >= 0.6 is 0 Å². The third-order valence-corrected chi connectivity index (χ3v) is 5.39.